The number of nitrogens with zero attached hydrogens (tertiary/aromatic N) is 2. The second-order valence-corrected chi connectivity index (χ2v) is 7.83. The SMILES string of the molecule is CCNC(=NCC1CCCCN1C(=O)OC(C)(C)C)NC1CC=CC1.I. The van der Waals surface area contributed by atoms with Crippen molar-refractivity contribution in [2.75, 3.05) is 19.6 Å². The molecule has 0 aromatic heterocycles. The Morgan fingerprint density at radius 3 is 2.58 bits per heavy atom. The van der Waals surface area contributed by atoms with Crippen LogP contribution >= 0.6 is 24.0 Å². The predicted octanol–water partition coefficient (Wildman–Crippen LogP) is 3.67. The van der Waals surface area contributed by atoms with E-state index >= 15 is 0 Å². The molecule has 7 heteroatoms. The van der Waals surface area contributed by atoms with Crippen molar-refractivity contribution >= 4 is 36.0 Å². The Balaban J connectivity index is 0.00000338. The minimum atomic E-state index is -0.464. The first kappa shape index (κ1) is 23.0. The highest BCUT2D eigenvalue weighted by atomic mass is 127. The Labute approximate surface area is 175 Å². The van der Waals surface area contributed by atoms with E-state index in [0.29, 0.717) is 12.6 Å². The highest BCUT2D eigenvalue weighted by Gasteiger charge is 2.30. The van der Waals surface area contributed by atoms with E-state index in [1.54, 1.807) is 0 Å². The van der Waals surface area contributed by atoms with Crippen molar-refractivity contribution < 1.29 is 9.53 Å². The number of guanidine groups is 1. The minimum Gasteiger partial charge on any atom is -0.444 e. The normalized spacial score (nSPS) is 21.3. The summed E-state index contributed by atoms with van der Waals surface area (Å²) in [6, 6.07) is 0.534. The second-order valence-electron chi connectivity index (χ2n) is 7.83. The molecular weight excluding hydrogens is 443 g/mol. The van der Waals surface area contributed by atoms with Crippen LogP contribution in [0.3, 0.4) is 0 Å². The van der Waals surface area contributed by atoms with Crippen molar-refractivity contribution in [1.82, 2.24) is 15.5 Å². The Bertz CT molecular complexity index is 494. The molecule has 0 spiro atoms. The van der Waals surface area contributed by atoms with Crippen LogP contribution in [0.5, 0.6) is 0 Å². The van der Waals surface area contributed by atoms with Crippen LogP contribution in [0, 0.1) is 0 Å². The molecule has 150 valence electrons. The number of likely N-dealkylation sites (tertiary alicyclic amines) is 1. The van der Waals surface area contributed by atoms with Gasteiger partial charge in [-0.2, -0.15) is 0 Å². The first-order valence-corrected chi connectivity index (χ1v) is 9.58. The molecule has 1 atom stereocenters. The smallest absolute Gasteiger partial charge is 0.410 e. The summed E-state index contributed by atoms with van der Waals surface area (Å²) in [6.07, 6.45) is 9.41. The van der Waals surface area contributed by atoms with E-state index in [1.165, 1.54) is 0 Å². The fourth-order valence-corrected chi connectivity index (χ4v) is 3.20. The molecule has 1 fully saturated rings. The number of aliphatic imine (C=N–C) groups is 1. The third-order valence-corrected chi connectivity index (χ3v) is 4.41. The summed E-state index contributed by atoms with van der Waals surface area (Å²) in [6.45, 7) is 9.98. The molecule has 0 aromatic carbocycles. The van der Waals surface area contributed by atoms with Crippen molar-refractivity contribution in [3.8, 4) is 0 Å². The average Bonchev–Trinajstić information content (AvgIpc) is 3.04. The maximum absolute atomic E-state index is 12.5. The van der Waals surface area contributed by atoms with Gasteiger partial charge in [-0.25, -0.2) is 4.79 Å². The van der Waals surface area contributed by atoms with Crippen molar-refractivity contribution in [2.24, 2.45) is 4.99 Å². The maximum atomic E-state index is 12.5. The molecule has 0 aromatic rings. The predicted molar refractivity (Wildman–Crippen MR) is 117 cm³/mol. The van der Waals surface area contributed by atoms with E-state index in [4.69, 9.17) is 9.73 Å². The molecule has 2 aliphatic rings. The Morgan fingerprint density at radius 2 is 1.96 bits per heavy atom. The molecule has 1 aliphatic heterocycles. The van der Waals surface area contributed by atoms with E-state index in [9.17, 15) is 4.79 Å². The summed E-state index contributed by atoms with van der Waals surface area (Å²) < 4.78 is 5.57. The molecule has 0 radical (unpaired) electrons. The first-order chi connectivity index (χ1) is 11.9. The van der Waals surface area contributed by atoms with Gasteiger partial charge in [-0.05, 0) is 59.8 Å². The molecule has 1 heterocycles. The lowest BCUT2D eigenvalue weighted by Crippen LogP contribution is -2.48. The zero-order valence-electron chi connectivity index (χ0n) is 16.6. The molecule has 1 unspecified atom stereocenters. The zero-order chi connectivity index (χ0) is 18.3. The Hall–Kier alpha value is -0.990. The van der Waals surface area contributed by atoms with Gasteiger partial charge in [-0.15, -0.1) is 24.0 Å². The van der Waals surface area contributed by atoms with E-state index in [2.05, 4.69) is 29.7 Å². The van der Waals surface area contributed by atoms with Gasteiger partial charge in [0.25, 0.3) is 0 Å². The molecule has 2 N–H and O–H groups in total. The lowest BCUT2D eigenvalue weighted by molar-refractivity contribution is 0.0109. The van der Waals surface area contributed by atoms with Crippen LogP contribution in [0.15, 0.2) is 17.1 Å². The fourth-order valence-electron chi connectivity index (χ4n) is 3.20. The van der Waals surface area contributed by atoms with Crippen LogP contribution < -0.4 is 10.6 Å². The minimum absolute atomic E-state index is 0. The fraction of sp³-hybridized carbons (Fsp3) is 0.789. The topological polar surface area (TPSA) is 66.0 Å². The molecule has 0 bridgehead atoms. The largest absolute Gasteiger partial charge is 0.444 e. The molecule has 26 heavy (non-hydrogen) atoms. The number of ether oxygens (including phenoxy) is 1. The summed E-state index contributed by atoms with van der Waals surface area (Å²) in [7, 11) is 0. The summed E-state index contributed by atoms with van der Waals surface area (Å²) in [5.74, 6) is 0.839. The number of hydrogen-bond donors (Lipinski definition) is 2. The lowest BCUT2D eigenvalue weighted by atomic mass is 10.0. The summed E-state index contributed by atoms with van der Waals surface area (Å²) in [4.78, 5) is 19.1. The standard InChI is InChI=1S/C19H34N4O2.HI/c1-5-20-17(22-15-10-6-7-11-15)21-14-16-12-8-9-13-23(16)18(24)25-19(2,3)4;/h6-7,15-16H,5,8-14H2,1-4H3,(H2,20,21,22);1H. The van der Waals surface area contributed by atoms with Crippen molar-refractivity contribution in [2.45, 2.75) is 77.5 Å². The van der Waals surface area contributed by atoms with Crippen LogP contribution in [0.4, 0.5) is 4.79 Å². The van der Waals surface area contributed by atoms with Crippen LogP contribution in [-0.4, -0.2) is 54.3 Å². The number of halogens is 1. The van der Waals surface area contributed by atoms with Gasteiger partial charge < -0.3 is 20.3 Å². The van der Waals surface area contributed by atoms with Gasteiger partial charge in [0.1, 0.15) is 5.60 Å². The van der Waals surface area contributed by atoms with Crippen LogP contribution in [-0.2, 0) is 4.74 Å². The van der Waals surface area contributed by atoms with Crippen molar-refractivity contribution in [1.29, 1.82) is 0 Å². The molecule has 6 nitrogen and oxygen atoms in total. The third kappa shape index (κ3) is 7.72. The van der Waals surface area contributed by atoms with Gasteiger partial charge in [-0.3, -0.25) is 4.99 Å². The summed E-state index contributed by atoms with van der Waals surface area (Å²) in [5, 5.41) is 6.79. The molecular formula is C19H35IN4O2. The van der Waals surface area contributed by atoms with Crippen LogP contribution in [0.25, 0.3) is 0 Å². The maximum Gasteiger partial charge on any atom is 0.410 e. The number of amides is 1. The highest BCUT2D eigenvalue weighted by molar-refractivity contribution is 14.0. The summed E-state index contributed by atoms with van der Waals surface area (Å²) >= 11 is 0. The number of carbonyl (C=O) groups is 1. The Morgan fingerprint density at radius 1 is 1.27 bits per heavy atom. The van der Waals surface area contributed by atoms with Gasteiger partial charge >= 0.3 is 6.09 Å². The average molecular weight is 478 g/mol. The second kappa shape index (κ2) is 11.0. The molecule has 1 amide bonds. The van der Waals surface area contributed by atoms with Crippen molar-refractivity contribution in [3.05, 3.63) is 12.2 Å². The number of nitrogens with one attached hydrogen (secondary N) is 2. The Kier molecular flexibility index (Phi) is 9.74. The molecule has 1 aliphatic carbocycles. The number of rotatable bonds is 4. The van der Waals surface area contributed by atoms with E-state index in [1.807, 2.05) is 25.7 Å². The van der Waals surface area contributed by atoms with E-state index < -0.39 is 5.60 Å². The molecule has 2 rings (SSSR count). The quantitative estimate of drug-likeness (QED) is 0.280. The van der Waals surface area contributed by atoms with E-state index in [0.717, 1.165) is 51.2 Å². The number of piperidine rings is 1. The van der Waals surface area contributed by atoms with Gasteiger partial charge in [0, 0.05) is 19.1 Å². The van der Waals surface area contributed by atoms with Gasteiger partial charge in [0.15, 0.2) is 5.96 Å². The lowest BCUT2D eigenvalue weighted by Gasteiger charge is -2.36. The van der Waals surface area contributed by atoms with Gasteiger partial charge in [0.2, 0.25) is 0 Å². The molecule has 0 saturated carbocycles. The summed E-state index contributed by atoms with van der Waals surface area (Å²) in [5.41, 5.74) is -0.464. The molecule has 1 saturated heterocycles. The third-order valence-electron chi connectivity index (χ3n) is 4.41. The highest BCUT2D eigenvalue weighted by Crippen LogP contribution is 2.20. The van der Waals surface area contributed by atoms with Crippen LogP contribution in [0.2, 0.25) is 0 Å². The first-order valence-electron chi connectivity index (χ1n) is 9.58. The number of hydrogen-bond acceptors (Lipinski definition) is 3. The zero-order valence-corrected chi connectivity index (χ0v) is 18.9. The van der Waals surface area contributed by atoms with Crippen molar-refractivity contribution in [3.63, 3.8) is 0 Å². The number of carbonyl (C=O) groups excluding carboxylic acids is 1. The monoisotopic (exact) mass is 478 g/mol. The van der Waals surface area contributed by atoms with E-state index in [-0.39, 0.29) is 36.1 Å². The van der Waals surface area contributed by atoms with Gasteiger partial charge in [0.05, 0.1) is 12.6 Å². The van der Waals surface area contributed by atoms with Crippen LogP contribution in [0.1, 0.15) is 59.8 Å². The van der Waals surface area contributed by atoms with Gasteiger partial charge in [-0.1, -0.05) is 12.2 Å².